The molecule has 1 heterocycles. The number of pyridine rings is 1. The van der Waals surface area contributed by atoms with Gasteiger partial charge < -0.3 is 10.2 Å². The first-order chi connectivity index (χ1) is 14.1. The second-order valence-electron chi connectivity index (χ2n) is 6.61. The molecule has 0 radical (unpaired) electrons. The van der Waals surface area contributed by atoms with Crippen molar-refractivity contribution in [3.63, 3.8) is 0 Å². The van der Waals surface area contributed by atoms with Crippen molar-refractivity contribution < 1.29 is 9.59 Å². The van der Waals surface area contributed by atoms with Crippen LogP contribution in [-0.4, -0.2) is 23.8 Å². The monoisotopic (exact) mass is 381 g/mol. The van der Waals surface area contributed by atoms with Crippen LogP contribution in [0.2, 0.25) is 0 Å². The lowest BCUT2D eigenvalue weighted by Crippen LogP contribution is -2.26. The number of rotatable bonds is 4. The van der Waals surface area contributed by atoms with Crippen LogP contribution < -0.4 is 10.2 Å². The van der Waals surface area contributed by atoms with Crippen LogP contribution in [-0.2, 0) is 0 Å². The molecule has 29 heavy (non-hydrogen) atoms. The van der Waals surface area contributed by atoms with Crippen LogP contribution in [0.25, 0.3) is 10.9 Å². The molecule has 0 bridgehead atoms. The Morgan fingerprint density at radius 3 is 2.24 bits per heavy atom. The van der Waals surface area contributed by atoms with E-state index in [-0.39, 0.29) is 11.8 Å². The number of aromatic nitrogens is 1. The van der Waals surface area contributed by atoms with Crippen molar-refractivity contribution in [2.45, 2.75) is 0 Å². The fourth-order valence-electron chi connectivity index (χ4n) is 3.13. The highest BCUT2D eigenvalue weighted by atomic mass is 16.2. The summed E-state index contributed by atoms with van der Waals surface area (Å²) in [5.74, 6) is -0.389. The van der Waals surface area contributed by atoms with Crippen molar-refractivity contribution in [3.8, 4) is 0 Å². The molecule has 0 saturated heterocycles. The second-order valence-corrected chi connectivity index (χ2v) is 6.61. The summed E-state index contributed by atoms with van der Waals surface area (Å²) in [5.41, 5.74) is 3.18. The van der Waals surface area contributed by atoms with Gasteiger partial charge in [0, 0.05) is 35.4 Å². The standard InChI is InChI=1S/C24H19N3O2/c1-27(20-9-3-2-4-10-20)24(29)19-14-12-18(13-15-19)23(28)26-21-11-5-7-17-8-6-16-25-22(17)21/h2-16H,1H3,(H,26,28). The Hall–Kier alpha value is -3.99. The number of carbonyl (C=O) groups excluding carboxylic acids is 2. The van der Waals surface area contributed by atoms with E-state index < -0.39 is 0 Å². The zero-order chi connectivity index (χ0) is 20.2. The molecule has 5 heteroatoms. The maximum atomic E-state index is 12.7. The SMILES string of the molecule is CN(C(=O)c1ccc(C(=O)Nc2cccc3cccnc23)cc1)c1ccccc1. The number of amides is 2. The van der Waals surface area contributed by atoms with Crippen molar-refractivity contribution >= 4 is 34.1 Å². The molecule has 0 saturated carbocycles. The molecular formula is C24H19N3O2. The van der Waals surface area contributed by atoms with Crippen molar-refractivity contribution in [1.29, 1.82) is 0 Å². The lowest BCUT2D eigenvalue weighted by molar-refractivity contribution is 0.0989. The van der Waals surface area contributed by atoms with E-state index in [4.69, 9.17) is 0 Å². The summed E-state index contributed by atoms with van der Waals surface area (Å²) < 4.78 is 0. The topological polar surface area (TPSA) is 62.3 Å². The molecule has 0 unspecified atom stereocenters. The minimum absolute atomic E-state index is 0.138. The van der Waals surface area contributed by atoms with Crippen LogP contribution in [0, 0.1) is 0 Å². The lowest BCUT2D eigenvalue weighted by atomic mass is 10.1. The Morgan fingerprint density at radius 1 is 0.793 bits per heavy atom. The van der Waals surface area contributed by atoms with Crippen molar-refractivity contribution in [2.75, 3.05) is 17.3 Å². The molecule has 0 fully saturated rings. The Labute approximate surface area is 168 Å². The van der Waals surface area contributed by atoms with Gasteiger partial charge in [-0.25, -0.2) is 0 Å². The molecule has 0 aliphatic heterocycles. The van der Waals surface area contributed by atoms with Crippen LogP contribution in [0.15, 0.2) is 91.1 Å². The average Bonchev–Trinajstić information content (AvgIpc) is 2.79. The molecule has 1 aromatic heterocycles. The zero-order valence-electron chi connectivity index (χ0n) is 15.9. The van der Waals surface area contributed by atoms with Gasteiger partial charge in [-0.2, -0.15) is 0 Å². The van der Waals surface area contributed by atoms with E-state index in [0.29, 0.717) is 16.8 Å². The van der Waals surface area contributed by atoms with Crippen molar-refractivity contribution in [1.82, 2.24) is 4.98 Å². The highest BCUT2D eigenvalue weighted by molar-refractivity contribution is 6.09. The second kappa shape index (κ2) is 7.94. The van der Waals surface area contributed by atoms with E-state index in [2.05, 4.69) is 10.3 Å². The van der Waals surface area contributed by atoms with Gasteiger partial charge in [-0.3, -0.25) is 14.6 Å². The molecule has 5 nitrogen and oxygen atoms in total. The van der Waals surface area contributed by atoms with Gasteiger partial charge in [0.1, 0.15) is 0 Å². The zero-order valence-corrected chi connectivity index (χ0v) is 15.9. The Morgan fingerprint density at radius 2 is 1.48 bits per heavy atom. The number of nitrogens with zero attached hydrogens (tertiary/aromatic N) is 2. The van der Waals surface area contributed by atoms with E-state index >= 15 is 0 Å². The summed E-state index contributed by atoms with van der Waals surface area (Å²) in [6.07, 6.45) is 1.70. The molecule has 4 rings (SSSR count). The highest BCUT2D eigenvalue weighted by Crippen LogP contribution is 2.21. The van der Waals surface area contributed by atoms with Gasteiger partial charge in [-0.15, -0.1) is 0 Å². The fraction of sp³-hybridized carbons (Fsp3) is 0.0417. The molecule has 142 valence electrons. The molecule has 3 aromatic carbocycles. The van der Waals surface area contributed by atoms with Gasteiger partial charge in [-0.05, 0) is 48.5 Å². The first-order valence-corrected chi connectivity index (χ1v) is 9.22. The van der Waals surface area contributed by atoms with Crippen LogP contribution in [0.3, 0.4) is 0 Å². The minimum Gasteiger partial charge on any atom is -0.320 e. The van der Waals surface area contributed by atoms with Gasteiger partial charge in [0.2, 0.25) is 0 Å². The largest absolute Gasteiger partial charge is 0.320 e. The molecule has 0 atom stereocenters. The third-order valence-electron chi connectivity index (χ3n) is 4.72. The molecule has 0 aliphatic carbocycles. The number of fused-ring (bicyclic) bond motifs is 1. The quantitative estimate of drug-likeness (QED) is 0.554. The Balaban J connectivity index is 1.51. The molecular weight excluding hydrogens is 362 g/mol. The van der Waals surface area contributed by atoms with Gasteiger partial charge in [-0.1, -0.05) is 36.4 Å². The van der Waals surface area contributed by atoms with Crippen LogP contribution >= 0.6 is 0 Å². The summed E-state index contributed by atoms with van der Waals surface area (Å²) >= 11 is 0. The number of para-hydroxylation sites is 2. The third-order valence-corrected chi connectivity index (χ3v) is 4.72. The summed E-state index contributed by atoms with van der Waals surface area (Å²) in [4.78, 5) is 31.3. The van der Waals surface area contributed by atoms with E-state index in [9.17, 15) is 9.59 Å². The number of anilines is 2. The fourth-order valence-corrected chi connectivity index (χ4v) is 3.13. The summed E-state index contributed by atoms with van der Waals surface area (Å²) in [6.45, 7) is 0. The third kappa shape index (κ3) is 3.84. The van der Waals surface area contributed by atoms with Crippen molar-refractivity contribution in [3.05, 3.63) is 102 Å². The summed E-state index contributed by atoms with van der Waals surface area (Å²) in [6, 6.07) is 25.5. The van der Waals surface area contributed by atoms with Gasteiger partial charge in [0.05, 0.1) is 11.2 Å². The minimum atomic E-state index is -0.251. The summed E-state index contributed by atoms with van der Waals surface area (Å²) in [5, 5.41) is 3.86. The number of hydrogen-bond acceptors (Lipinski definition) is 3. The summed E-state index contributed by atoms with van der Waals surface area (Å²) in [7, 11) is 1.73. The van der Waals surface area contributed by atoms with Gasteiger partial charge in [0.15, 0.2) is 0 Å². The van der Waals surface area contributed by atoms with Gasteiger partial charge in [0.25, 0.3) is 11.8 Å². The lowest BCUT2D eigenvalue weighted by Gasteiger charge is -2.17. The van der Waals surface area contributed by atoms with Crippen LogP contribution in [0.4, 0.5) is 11.4 Å². The van der Waals surface area contributed by atoms with E-state index in [1.165, 1.54) is 0 Å². The molecule has 2 amide bonds. The van der Waals surface area contributed by atoms with Crippen molar-refractivity contribution in [2.24, 2.45) is 0 Å². The number of benzene rings is 3. The number of carbonyl (C=O) groups is 2. The molecule has 0 spiro atoms. The highest BCUT2D eigenvalue weighted by Gasteiger charge is 2.15. The van der Waals surface area contributed by atoms with Crippen LogP contribution in [0.1, 0.15) is 20.7 Å². The average molecular weight is 381 g/mol. The molecule has 1 N–H and O–H groups in total. The maximum Gasteiger partial charge on any atom is 0.258 e. The maximum absolute atomic E-state index is 12.7. The number of nitrogens with one attached hydrogen (secondary N) is 1. The first kappa shape index (κ1) is 18.4. The predicted octanol–water partition coefficient (Wildman–Crippen LogP) is 4.76. The number of hydrogen-bond donors (Lipinski definition) is 1. The predicted molar refractivity (Wildman–Crippen MR) is 115 cm³/mol. The molecule has 4 aromatic rings. The molecule has 0 aliphatic rings. The van der Waals surface area contributed by atoms with E-state index in [0.717, 1.165) is 16.6 Å². The normalized spacial score (nSPS) is 10.5. The Kier molecular flexibility index (Phi) is 5.03. The van der Waals surface area contributed by atoms with Gasteiger partial charge >= 0.3 is 0 Å². The van der Waals surface area contributed by atoms with E-state index in [1.807, 2.05) is 60.7 Å². The first-order valence-electron chi connectivity index (χ1n) is 9.22. The van der Waals surface area contributed by atoms with E-state index in [1.54, 1.807) is 42.4 Å². The Bertz CT molecular complexity index is 1170. The van der Waals surface area contributed by atoms with Crippen LogP contribution in [0.5, 0.6) is 0 Å². The smallest absolute Gasteiger partial charge is 0.258 e.